The van der Waals surface area contributed by atoms with E-state index < -0.39 is 0 Å². The number of piperidine rings is 1. The van der Waals surface area contributed by atoms with E-state index in [1.54, 1.807) is 11.3 Å². The van der Waals surface area contributed by atoms with Crippen LogP contribution in [0.2, 0.25) is 5.02 Å². The van der Waals surface area contributed by atoms with E-state index in [4.69, 9.17) is 11.6 Å². The molecule has 4 nitrogen and oxygen atoms in total. The molecule has 1 saturated heterocycles. The minimum atomic E-state index is 0.536. The van der Waals surface area contributed by atoms with Gasteiger partial charge in [0.15, 0.2) is 0 Å². The Kier molecular flexibility index (Phi) is 3.73. The highest BCUT2D eigenvalue weighted by Crippen LogP contribution is 2.30. The molecule has 0 N–H and O–H groups in total. The van der Waals surface area contributed by atoms with Crippen molar-refractivity contribution in [2.24, 2.45) is 0 Å². The molecule has 21 heavy (non-hydrogen) atoms. The Labute approximate surface area is 133 Å². The van der Waals surface area contributed by atoms with Gasteiger partial charge in [-0.1, -0.05) is 11.6 Å². The van der Waals surface area contributed by atoms with Crippen molar-refractivity contribution in [3.8, 4) is 0 Å². The van der Waals surface area contributed by atoms with Gasteiger partial charge in [0.1, 0.15) is 11.6 Å². The van der Waals surface area contributed by atoms with Crippen molar-refractivity contribution in [3.05, 3.63) is 33.0 Å². The van der Waals surface area contributed by atoms with Gasteiger partial charge in [-0.25, -0.2) is 0 Å². The minimum Gasteiger partial charge on any atom is -0.315 e. The normalized spacial score (nSPS) is 22.6. The zero-order chi connectivity index (χ0) is 14.2. The third kappa shape index (κ3) is 2.74. The highest BCUT2D eigenvalue weighted by molar-refractivity contribution is 7.10. The van der Waals surface area contributed by atoms with E-state index in [9.17, 15) is 0 Å². The number of aryl methyl sites for hydroxylation is 1. The van der Waals surface area contributed by atoms with Crippen molar-refractivity contribution in [2.45, 2.75) is 44.7 Å². The first kappa shape index (κ1) is 13.7. The average Bonchev–Trinajstić information content (AvgIpc) is 3.16. The van der Waals surface area contributed by atoms with Gasteiger partial charge in [-0.2, -0.15) is 0 Å². The summed E-state index contributed by atoms with van der Waals surface area (Å²) in [6.45, 7) is 4.38. The van der Waals surface area contributed by atoms with E-state index in [0.717, 1.165) is 31.1 Å². The average molecular weight is 323 g/mol. The van der Waals surface area contributed by atoms with Crippen molar-refractivity contribution < 1.29 is 0 Å². The summed E-state index contributed by atoms with van der Waals surface area (Å²) in [5.41, 5.74) is 0. The Morgan fingerprint density at radius 2 is 2.24 bits per heavy atom. The highest BCUT2D eigenvalue weighted by atomic mass is 35.5. The molecule has 2 aromatic heterocycles. The van der Waals surface area contributed by atoms with Crippen molar-refractivity contribution in [2.75, 3.05) is 13.1 Å². The van der Waals surface area contributed by atoms with E-state index in [1.807, 2.05) is 5.38 Å². The lowest BCUT2D eigenvalue weighted by molar-refractivity contribution is 0.196. The number of fused-ring (bicyclic) bond motifs is 1. The van der Waals surface area contributed by atoms with Crippen LogP contribution in [-0.4, -0.2) is 32.8 Å². The maximum Gasteiger partial charge on any atom is 0.137 e. The molecule has 0 saturated carbocycles. The summed E-state index contributed by atoms with van der Waals surface area (Å²) >= 11 is 7.78. The van der Waals surface area contributed by atoms with Gasteiger partial charge in [-0.05, 0) is 31.9 Å². The Morgan fingerprint density at radius 1 is 1.29 bits per heavy atom. The molecule has 112 valence electrons. The number of hydrogen-bond acceptors (Lipinski definition) is 4. The lowest BCUT2D eigenvalue weighted by Crippen LogP contribution is -2.34. The van der Waals surface area contributed by atoms with Crippen LogP contribution in [0.4, 0.5) is 0 Å². The molecular formula is C15H19ClN4S. The summed E-state index contributed by atoms with van der Waals surface area (Å²) in [7, 11) is 0. The Morgan fingerprint density at radius 3 is 3.10 bits per heavy atom. The molecule has 4 rings (SSSR count). The predicted molar refractivity (Wildman–Crippen MR) is 84.9 cm³/mol. The number of halogens is 1. The summed E-state index contributed by atoms with van der Waals surface area (Å²) in [5.74, 6) is 2.94. The second-order valence-electron chi connectivity index (χ2n) is 6.04. The monoisotopic (exact) mass is 322 g/mol. The summed E-state index contributed by atoms with van der Waals surface area (Å²) in [4.78, 5) is 3.89. The topological polar surface area (TPSA) is 34.0 Å². The van der Waals surface area contributed by atoms with Gasteiger partial charge < -0.3 is 4.57 Å². The van der Waals surface area contributed by atoms with Gasteiger partial charge >= 0.3 is 0 Å². The molecule has 2 aliphatic rings. The first-order chi connectivity index (χ1) is 10.3. The van der Waals surface area contributed by atoms with Crippen LogP contribution in [0.15, 0.2) is 11.4 Å². The first-order valence-electron chi connectivity index (χ1n) is 7.67. The summed E-state index contributed by atoms with van der Waals surface area (Å²) in [6, 6.07) is 2.09. The Balaban J connectivity index is 1.47. The van der Waals surface area contributed by atoms with Gasteiger partial charge in [0.25, 0.3) is 0 Å². The molecule has 0 aromatic carbocycles. The summed E-state index contributed by atoms with van der Waals surface area (Å²) in [6.07, 6.45) is 4.80. The second kappa shape index (κ2) is 5.71. The third-order valence-corrected chi connectivity index (χ3v) is 5.78. The Bertz CT molecular complexity index is 635. The van der Waals surface area contributed by atoms with Crippen molar-refractivity contribution in [1.29, 1.82) is 0 Å². The fraction of sp³-hybridized carbons (Fsp3) is 0.600. The van der Waals surface area contributed by atoms with Crippen LogP contribution < -0.4 is 0 Å². The van der Waals surface area contributed by atoms with E-state index in [2.05, 4.69) is 25.7 Å². The summed E-state index contributed by atoms with van der Waals surface area (Å²) < 4.78 is 2.36. The molecule has 0 radical (unpaired) electrons. The van der Waals surface area contributed by atoms with Crippen LogP contribution in [0, 0.1) is 0 Å². The lowest BCUT2D eigenvalue weighted by atomic mass is 9.97. The molecule has 4 heterocycles. The number of nitrogens with zero attached hydrogens (tertiary/aromatic N) is 4. The predicted octanol–water partition coefficient (Wildman–Crippen LogP) is 3.32. The molecular weight excluding hydrogens is 304 g/mol. The first-order valence-corrected chi connectivity index (χ1v) is 8.92. The van der Waals surface area contributed by atoms with Crippen molar-refractivity contribution >= 4 is 22.9 Å². The number of likely N-dealkylation sites (tertiary alicyclic amines) is 1. The number of rotatable bonds is 3. The standard InChI is InChI=1S/C15H19ClN4S/c16-12-7-13(21-10-12)9-19-5-1-3-11(8-19)15-18-17-14-4-2-6-20(14)15/h7,10-11H,1-6,8-9H2. The molecule has 0 bridgehead atoms. The lowest BCUT2D eigenvalue weighted by Gasteiger charge is -2.31. The maximum absolute atomic E-state index is 6.02. The van der Waals surface area contributed by atoms with Crippen LogP contribution in [0.1, 0.15) is 41.7 Å². The molecule has 1 fully saturated rings. The number of aromatic nitrogens is 3. The maximum atomic E-state index is 6.02. The second-order valence-corrected chi connectivity index (χ2v) is 7.47. The minimum absolute atomic E-state index is 0.536. The Hall–Kier alpha value is -0.910. The van der Waals surface area contributed by atoms with Crippen molar-refractivity contribution in [3.63, 3.8) is 0 Å². The molecule has 0 aliphatic carbocycles. The van der Waals surface area contributed by atoms with Gasteiger partial charge in [0.05, 0.1) is 5.02 Å². The molecule has 2 aliphatic heterocycles. The van der Waals surface area contributed by atoms with Gasteiger partial charge in [0.2, 0.25) is 0 Å². The fourth-order valence-corrected chi connectivity index (χ4v) is 4.66. The zero-order valence-corrected chi connectivity index (χ0v) is 13.5. The molecule has 2 aromatic rings. The summed E-state index contributed by atoms with van der Waals surface area (Å²) in [5, 5.41) is 11.7. The smallest absolute Gasteiger partial charge is 0.137 e. The van der Waals surface area contributed by atoms with Gasteiger partial charge in [-0.15, -0.1) is 21.5 Å². The van der Waals surface area contributed by atoms with Crippen LogP contribution in [0.3, 0.4) is 0 Å². The molecule has 0 amide bonds. The van der Waals surface area contributed by atoms with E-state index in [-0.39, 0.29) is 0 Å². The van der Waals surface area contributed by atoms with Crippen LogP contribution in [-0.2, 0) is 19.5 Å². The van der Waals surface area contributed by atoms with Crippen LogP contribution in [0.25, 0.3) is 0 Å². The van der Waals surface area contributed by atoms with Gasteiger partial charge in [-0.3, -0.25) is 4.90 Å². The van der Waals surface area contributed by atoms with E-state index in [0.29, 0.717) is 5.92 Å². The highest BCUT2D eigenvalue weighted by Gasteiger charge is 2.28. The molecule has 1 unspecified atom stereocenters. The van der Waals surface area contributed by atoms with Crippen LogP contribution >= 0.6 is 22.9 Å². The largest absolute Gasteiger partial charge is 0.315 e. The molecule has 6 heteroatoms. The fourth-order valence-electron chi connectivity index (χ4n) is 3.54. The molecule has 0 spiro atoms. The van der Waals surface area contributed by atoms with E-state index >= 15 is 0 Å². The molecule has 1 atom stereocenters. The van der Waals surface area contributed by atoms with E-state index in [1.165, 1.54) is 42.3 Å². The van der Waals surface area contributed by atoms with Gasteiger partial charge in [0, 0.05) is 42.2 Å². The SMILES string of the molecule is Clc1csc(CN2CCCC(c3nnc4n3CCC4)C2)c1. The van der Waals surface area contributed by atoms with Crippen molar-refractivity contribution in [1.82, 2.24) is 19.7 Å². The quantitative estimate of drug-likeness (QED) is 0.869. The van der Waals surface area contributed by atoms with Crippen LogP contribution in [0.5, 0.6) is 0 Å². The third-order valence-electron chi connectivity index (χ3n) is 4.51. The number of hydrogen-bond donors (Lipinski definition) is 0. The zero-order valence-electron chi connectivity index (χ0n) is 12.0. The number of thiophene rings is 1.